The van der Waals surface area contributed by atoms with Crippen LogP contribution in [0.25, 0.3) is 0 Å². The topological polar surface area (TPSA) is 67.8 Å². The molecule has 0 fully saturated rings. The Morgan fingerprint density at radius 1 is 1.21 bits per heavy atom. The van der Waals surface area contributed by atoms with Gasteiger partial charge in [0.1, 0.15) is 5.82 Å². The van der Waals surface area contributed by atoms with Gasteiger partial charge in [-0.25, -0.2) is 4.39 Å². The van der Waals surface area contributed by atoms with Crippen LogP contribution in [-0.2, 0) is 0 Å². The van der Waals surface area contributed by atoms with Gasteiger partial charge in [-0.05, 0) is 35.9 Å². The normalized spacial score (nSPS) is 11.7. The number of carbonyl (C=O) groups excluding carboxylic acids is 1. The lowest BCUT2D eigenvalue weighted by molar-refractivity contribution is 0.0916. The Bertz CT molecular complexity index is 739. The molecule has 0 spiro atoms. The van der Waals surface area contributed by atoms with E-state index >= 15 is 0 Å². The van der Waals surface area contributed by atoms with Gasteiger partial charge < -0.3 is 19.9 Å². The number of halogens is 2. The number of rotatable bonds is 6. The van der Waals surface area contributed by atoms with Crippen LogP contribution in [0.2, 0.25) is 5.02 Å². The molecule has 7 heteroatoms. The van der Waals surface area contributed by atoms with Crippen LogP contribution in [-0.4, -0.2) is 31.8 Å². The van der Waals surface area contributed by atoms with Crippen LogP contribution in [0.4, 0.5) is 4.39 Å². The van der Waals surface area contributed by atoms with Crippen LogP contribution in [0, 0.1) is 5.82 Å². The zero-order valence-corrected chi connectivity index (χ0v) is 13.9. The van der Waals surface area contributed by atoms with Crippen molar-refractivity contribution in [2.75, 3.05) is 20.8 Å². The molecule has 0 aromatic heterocycles. The molecule has 2 N–H and O–H groups in total. The number of nitrogens with one attached hydrogen (secondary N) is 1. The second-order valence-electron chi connectivity index (χ2n) is 4.96. The number of ether oxygens (including phenoxy) is 2. The highest BCUT2D eigenvalue weighted by Gasteiger charge is 2.15. The van der Waals surface area contributed by atoms with E-state index < -0.39 is 17.8 Å². The summed E-state index contributed by atoms with van der Waals surface area (Å²) in [7, 11) is 3.01. The van der Waals surface area contributed by atoms with Gasteiger partial charge in [0.05, 0.1) is 30.9 Å². The van der Waals surface area contributed by atoms with Crippen LogP contribution < -0.4 is 14.8 Å². The van der Waals surface area contributed by atoms with Crippen LogP contribution in [0.5, 0.6) is 11.5 Å². The van der Waals surface area contributed by atoms with Crippen LogP contribution in [0.3, 0.4) is 0 Å². The zero-order chi connectivity index (χ0) is 17.7. The number of carbonyl (C=O) groups is 1. The van der Waals surface area contributed by atoms with Gasteiger partial charge in [-0.2, -0.15) is 0 Å². The Labute approximate surface area is 144 Å². The predicted octanol–water partition coefficient (Wildman–Crippen LogP) is 2.96. The molecule has 0 bridgehead atoms. The summed E-state index contributed by atoms with van der Waals surface area (Å²) in [6, 6.07) is 8.45. The minimum absolute atomic E-state index is 0.00751. The third kappa shape index (κ3) is 4.15. The fraction of sp³-hybridized carbons (Fsp3) is 0.235. The molecule has 0 aliphatic carbocycles. The summed E-state index contributed by atoms with van der Waals surface area (Å²) in [5.41, 5.74) is 0.690. The van der Waals surface area contributed by atoms with E-state index in [1.165, 1.54) is 20.3 Å². The average Bonchev–Trinajstić information content (AvgIpc) is 2.58. The molecule has 5 nitrogen and oxygen atoms in total. The quantitative estimate of drug-likeness (QED) is 0.837. The van der Waals surface area contributed by atoms with Crippen molar-refractivity contribution in [2.45, 2.75) is 6.10 Å². The molecule has 0 radical (unpaired) electrons. The van der Waals surface area contributed by atoms with Crippen molar-refractivity contribution in [2.24, 2.45) is 0 Å². The maximum Gasteiger partial charge on any atom is 0.252 e. The number of amides is 1. The smallest absolute Gasteiger partial charge is 0.252 e. The average molecular weight is 354 g/mol. The Balaban J connectivity index is 2.04. The number of methoxy groups -OCH3 is 2. The molecule has 2 rings (SSSR count). The first-order chi connectivity index (χ1) is 11.5. The first-order valence-corrected chi connectivity index (χ1v) is 7.47. The number of hydrogen-bond donors (Lipinski definition) is 2. The van der Waals surface area contributed by atoms with Crippen molar-refractivity contribution < 1.29 is 23.8 Å². The summed E-state index contributed by atoms with van der Waals surface area (Å²) in [6.07, 6.45) is -0.951. The minimum Gasteiger partial charge on any atom is -0.493 e. The SMILES string of the molecule is COc1ccc(C(O)CNC(=O)c2ccc(F)cc2Cl)cc1OC. The molecule has 2 aromatic rings. The Morgan fingerprint density at radius 2 is 1.92 bits per heavy atom. The van der Waals surface area contributed by atoms with Crippen molar-refractivity contribution in [3.63, 3.8) is 0 Å². The molecule has 0 saturated carbocycles. The molecule has 24 heavy (non-hydrogen) atoms. The van der Waals surface area contributed by atoms with Crippen molar-refractivity contribution in [3.8, 4) is 11.5 Å². The van der Waals surface area contributed by atoms with E-state index in [1.54, 1.807) is 18.2 Å². The van der Waals surface area contributed by atoms with Crippen molar-refractivity contribution >= 4 is 17.5 Å². The summed E-state index contributed by atoms with van der Waals surface area (Å²) in [5.74, 6) is -0.0148. The third-order valence-electron chi connectivity index (χ3n) is 3.42. The lowest BCUT2D eigenvalue weighted by Gasteiger charge is -2.15. The lowest BCUT2D eigenvalue weighted by atomic mass is 10.1. The van der Waals surface area contributed by atoms with Gasteiger partial charge in [-0.1, -0.05) is 17.7 Å². The predicted molar refractivity (Wildman–Crippen MR) is 88.2 cm³/mol. The van der Waals surface area contributed by atoms with E-state index in [9.17, 15) is 14.3 Å². The summed E-state index contributed by atoms with van der Waals surface area (Å²) in [5, 5.41) is 12.8. The number of hydrogen-bond acceptors (Lipinski definition) is 4. The second-order valence-corrected chi connectivity index (χ2v) is 5.37. The number of benzene rings is 2. The highest BCUT2D eigenvalue weighted by atomic mass is 35.5. The van der Waals surface area contributed by atoms with Gasteiger partial charge in [0.15, 0.2) is 11.5 Å². The van der Waals surface area contributed by atoms with Gasteiger partial charge in [-0.3, -0.25) is 4.79 Å². The van der Waals surface area contributed by atoms with E-state index in [0.29, 0.717) is 17.1 Å². The minimum atomic E-state index is -0.951. The first-order valence-electron chi connectivity index (χ1n) is 7.09. The molecular weight excluding hydrogens is 337 g/mol. The fourth-order valence-corrected chi connectivity index (χ4v) is 2.39. The number of aliphatic hydroxyl groups is 1. The molecule has 128 valence electrons. The monoisotopic (exact) mass is 353 g/mol. The molecule has 1 unspecified atom stereocenters. The van der Waals surface area contributed by atoms with Gasteiger partial charge in [0, 0.05) is 6.54 Å². The summed E-state index contributed by atoms with van der Waals surface area (Å²) >= 11 is 5.84. The Hall–Kier alpha value is -2.31. The summed E-state index contributed by atoms with van der Waals surface area (Å²) in [4.78, 5) is 12.1. The summed E-state index contributed by atoms with van der Waals surface area (Å²) in [6.45, 7) is -0.0397. The van der Waals surface area contributed by atoms with Crippen molar-refractivity contribution in [1.82, 2.24) is 5.32 Å². The maximum atomic E-state index is 13.0. The Morgan fingerprint density at radius 3 is 2.54 bits per heavy atom. The number of aliphatic hydroxyl groups excluding tert-OH is 1. The van der Waals surface area contributed by atoms with E-state index in [2.05, 4.69) is 5.32 Å². The van der Waals surface area contributed by atoms with Crippen molar-refractivity contribution in [1.29, 1.82) is 0 Å². The van der Waals surface area contributed by atoms with Crippen LogP contribution >= 0.6 is 11.6 Å². The van der Waals surface area contributed by atoms with Gasteiger partial charge in [-0.15, -0.1) is 0 Å². The lowest BCUT2D eigenvalue weighted by Crippen LogP contribution is -2.28. The van der Waals surface area contributed by atoms with Gasteiger partial charge in [0.2, 0.25) is 0 Å². The third-order valence-corrected chi connectivity index (χ3v) is 3.74. The van der Waals surface area contributed by atoms with E-state index in [4.69, 9.17) is 21.1 Å². The highest BCUT2D eigenvalue weighted by molar-refractivity contribution is 6.33. The van der Waals surface area contributed by atoms with Gasteiger partial charge >= 0.3 is 0 Å². The van der Waals surface area contributed by atoms with Gasteiger partial charge in [0.25, 0.3) is 5.91 Å². The molecule has 0 aliphatic heterocycles. The molecule has 0 heterocycles. The largest absolute Gasteiger partial charge is 0.493 e. The van der Waals surface area contributed by atoms with E-state index in [1.807, 2.05) is 0 Å². The van der Waals surface area contributed by atoms with Crippen LogP contribution in [0.1, 0.15) is 22.0 Å². The van der Waals surface area contributed by atoms with Crippen LogP contribution in [0.15, 0.2) is 36.4 Å². The second kappa shape index (κ2) is 7.99. The summed E-state index contributed by atoms with van der Waals surface area (Å²) < 4.78 is 23.3. The highest BCUT2D eigenvalue weighted by Crippen LogP contribution is 2.29. The Kier molecular flexibility index (Phi) is 6.00. The maximum absolute atomic E-state index is 13.0. The van der Waals surface area contributed by atoms with Crippen molar-refractivity contribution in [3.05, 3.63) is 58.4 Å². The van der Waals surface area contributed by atoms with E-state index in [0.717, 1.165) is 12.1 Å². The fourth-order valence-electron chi connectivity index (χ4n) is 2.14. The zero-order valence-electron chi connectivity index (χ0n) is 13.2. The standard InChI is InChI=1S/C17H17ClFNO4/c1-23-15-6-3-10(7-16(15)24-2)14(21)9-20-17(22)12-5-4-11(19)8-13(12)18/h3-8,14,21H,9H2,1-2H3,(H,20,22). The molecule has 0 saturated heterocycles. The molecule has 1 atom stereocenters. The first kappa shape index (κ1) is 18.0. The molecule has 1 amide bonds. The van der Waals surface area contributed by atoms with E-state index in [-0.39, 0.29) is 17.1 Å². The molecule has 2 aromatic carbocycles. The molecule has 0 aliphatic rings. The molecular formula is C17H17ClFNO4.